The standard InChI is InChI=1S/C30H42BN3O5/c1-19(37-24-10-8-9-15-36-24)25-21(31-38-29(4,5)30(6,7)39-31)11-12-32-26(25)34-14-13-33-22(27(34)35)16-20-17-28(2,3)18-23(20)33/h11-12,16,19,24H,8-10,13-15,17-18H2,1-7H3/t19-,24?/m0/s1. The molecule has 8 nitrogen and oxygen atoms in total. The zero-order valence-electron chi connectivity index (χ0n) is 24.5. The van der Waals surface area contributed by atoms with E-state index in [1.54, 1.807) is 6.20 Å². The number of carbonyl (C=O) groups excluding carboxylic acids is 1. The van der Waals surface area contributed by atoms with Crippen molar-refractivity contribution in [2.75, 3.05) is 18.1 Å². The molecule has 9 heteroatoms. The largest absolute Gasteiger partial charge is 0.495 e. The van der Waals surface area contributed by atoms with Crippen LogP contribution in [-0.4, -0.2) is 53.2 Å². The van der Waals surface area contributed by atoms with Crippen LogP contribution in [0.1, 0.15) is 101 Å². The molecule has 2 aromatic rings. The lowest BCUT2D eigenvalue weighted by atomic mass is 9.75. The molecule has 5 heterocycles. The Morgan fingerprint density at radius 3 is 2.51 bits per heavy atom. The van der Waals surface area contributed by atoms with Gasteiger partial charge in [-0.05, 0) is 95.3 Å². The molecule has 6 rings (SSSR count). The second-order valence-electron chi connectivity index (χ2n) is 13.4. The highest BCUT2D eigenvalue weighted by Crippen LogP contribution is 2.41. The molecule has 2 fully saturated rings. The molecule has 39 heavy (non-hydrogen) atoms. The molecular formula is C30H42BN3O5. The Morgan fingerprint density at radius 2 is 1.82 bits per heavy atom. The SMILES string of the molecule is C[C@H](OC1CCCCO1)c1c(B2OC(C)(C)C(C)(C)O2)ccnc1N1CCn2c(cc3c2CC(C)(C)C3)C1=O. The minimum Gasteiger partial charge on any atom is -0.399 e. The summed E-state index contributed by atoms with van der Waals surface area (Å²) < 4.78 is 27.6. The Labute approximate surface area is 232 Å². The molecule has 0 saturated carbocycles. The van der Waals surface area contributed by atoms with Gasteiger partial charge in [0.15, 0.2) is 6.29 Å². The summed E-state index contributed by atoms with van der Waals surface area (Å²) in [7, 11) is -0.597. The van der Waals surface area contributed by atoms with Crippen molar-refractivity contribution >= 4 is 24.3 Å². The van der Waals surface area contributed by atoms with Crippen molar-refractivity contribution in [3.05, 3.63) is 40.8 Å². The van der Waals surface area contributed by atoms with Gasteiger partial charge < -0.3 is 23.3 Å². The van der Waals surface area contributed by atoms with E-state index < -0.39 is 18.3 Å². The van der Waals surface area contributed by atoms with Crippen LogP contribution in [0.25, 0.3) is 0 Å². The molecule has 2 saturated heterocycles. The molecule has 3 aliphatic heterocycles. The van der Waals surface area contributed by atoms with E-state index >= 15 is 0 Å². The van der Waals surface area contributed by atoms with Gasteiger partial charge in [-0.15, -0.1) is 0 Å². The molecule has 1 amide bonds. The molecule has 0 bridgehead atoms. The molecule has 4 aliphatic rings. The second-order valence-corrected chi connectivity index (χ2v) is 13.4. The molecule has 0 spiro atoms. The average Bonchev–Trinajstić information content (AvgIpc) is 3.43. The van der Waals surface area contributed by atoms with Crippen molar-refractivity contribution < 1.29 is 23.6 Å². The van der Waals surface area contributed by atoms with Crippen molar-refractivity contribution in [2.45, 2.75) is 111 Å². The fourth-order valence-corrected chi connectivity index (χ4v) is 6.51. The van der Waals surface area contributed by atoms with Gasteiger partial charge in [0.2, 0.25) is 0 Å². The van der Waals surface area contributed by atoms with Crippen molar-refractivity contribution in [3.63, 3.8) is 0 Å². The first-order valence-corrected chi connectivity index (χ1v) is 14.5. The van der Waals surface area contributed by atoms with Gasteiger partial charge in [-0.1, -0.05) is 13.8 Å². The van der Waals surface area contributed by atoms with Gasteiger partial charge >= 0.3 is 7.12 Å². The van der Waals surface area contributed by atoms with Gasteiger partial charge in [0.25, 0.3) is 5.91 Å². The third-order valence-electron chi connectivity index (χ3n) is 9.29. The Hall–Kier alpha value is -2.20. The van der Waals surface area contributed by atoms with Crippen LogP contribution >= 0.6 is 0 Å². The number of nitrogens with zero attached hydrogens (tertiary/aromatic N) is 3. The number of anilines is 1. The van der Waals surface area contributed by atoms with Crippen LogP contribution in [-0.2, 0) is 38.2 Å². The highest BCUT2D eigenvalue weighted by atomic mass is 16.7. The normalized spacial score (nSPS) is 26.0. The number of fused-ring (bicyclic) bond motifs is 3. The summed E-state index contributed by atoms with van der Waals surface area (Å²) in [5, 5.41) is 0. The first-order chi connectivity index (χ1) is 18.4. The van der Waals surface area contributed by atoms with Crippen molar-refractivity contribution in [1.29, 1.82) is 0 Å². The highest BCUT2D eigenvalue weighted by molar-refractivity contribution is 6.62. The maximum Gasteiger partial charge on any atom is 0.495 e. The number of ether oxygens (including phenoxy) is 2. The number of aromatic nitrogens is 2. The lowest BCUT2D eigenvalue weighted by Gasteiger charge is -2.33. The molecule has 1 aliphatic carbocycles. The first kappa shape index (κ1) is 27.0. The van der Waals surface area contributed by atoms with E-state index in [0.29, 0.717) is 19.0 Å². The van der Waals surface area contributed by atoms with E-state index in [1.807, 2.05) is 45.6 Å². The Balaban J connectivity index is 1.38. The fourth-order valence-electron chi connectivity index (χ4n) is 6.51. The smallest absolute Gasteiger partial charge is 0.399 e. The predicted octanol–water partition coefficient (Wildman–Crippen LogP) is 4.57. The lowest BCUT2D eigenvalue weighted by molar-refractivity contribution is -0.185. The molecule has 0 aromatic carbocycles. The molecule has 210 valence electrons. The molecule has 0 radical (unpaired) electrons. The third kappa shape index (κ3) is 4.65. The van der Waals surface area contributed by atoms with E-state index in [4.69, 9.17) is 23.8 Å². The zero-order chi connectivity index (χ0) is 27.7. The number of amides is 1. The molecule has 2 aromatic heterocycles. The summed E-state index contributed by atoms with van der Waals surface area (Å²) in [6.07, 6.45) is 6.08. The minimum atomic E-state index is -0.597. The number of carbonyl (C=O) groups is 1. The van der Waals surface area contributed by atoms with Gasteiger partial charge in [0.1, 0.15) is 11.5 Å². The summed E-state index contributed by atoms with van der Waals surface area (Å²) >= 11 is 0. The topological polar surface area (TPSA) is 75.1 Å². The zero-order valence-corrected chi connectivity index (χ0v) is 24.5. The maximum atomic E-state index is 14.0. The van der Waals surface area contributed by atoms with Gasteiger partial charge in [-0.3, -0.25) is 9.69 Å². The summed E-state index contributed by atoms with van der Waals surface area (Å²) in [6.45, 7) is 16.8. The monoisotopic (exact) mass is 535 g/mol. The van der Waals surface area contributed by atoms with Crippen LogP contribution in [0.2, 0.25) is 0 Å². The summed E-state index contributed by atoms with van der Waals surface area (Å²) in [5.41, 5.74) is 4.29. The van der Waals surface area contributed by atoms with Crippen molar-refractivity contribution in [2.24, 2.45) is 5.41 Å². The van der Waals surface area contributed by atoms with Crippen LogP contribution < -0.4 is 10.4 Å². The highest BCUT2D eigenvalue weighted by Gasteiger charge is 2.53. The average molecular weight is 535 g/mol. The van der Waals surface area contributed by atoms with Gasteiger partial charge in [0, 0.05) is 37.2 Å². The summed E-state index contributed by atoms with van der Waals surface area (Å²) in [5.74, 6) is 0.595. The molecule has 0 N–H and O–H groups in total. The van der Waals surface area contributed by atoms with Crippen molar-refractivity contribution in [1.82, 2.24) is 9.55 Å². The van der Waals surface area contributed by atoms with Gasteiger partial charge in [0.05, 0.1) is 17.3 Å². The number of hydrogen-bond donors (Lipinski definition) is 0. The number of hydrogen-bond acceptors (Lipinski definition) is 6. The van der Waals surface area contributed by atoms with E-state index in [0.717, 1.165) is 55.4 Å². The fraction of sp³-hybridized carbons (Fsp3) is 0.667. The molecule has 1 unspecified atom stereocenters. The third-order valence-corrected chi connectivity index (χ3v) is 9.29. The van der Waals surface area contributed by atoms with Crippen LogP contribution in [0.15, 0.2) is 18.3 Å². The summed E-state index contributed by atoms with van der Waals surface area (Å²) in [4.78, 5) is 20.6. The quantitative estimate of drug-likeness (QED) is 0.523. The van der Waals surface area contributed by atoms with E-state index in [-0.39, 0.29) is 23.7 Å². The van der Waals surface area contributed by atoms with E-state index in [9.17, 15) is 4.79 Å². The van der Waals surface area contributed by atoms with Crippen LogP contribution in [0.3, 0.4) is 0 Å². The second kappa shape index (κ2) is 9.43. The molecular weight excluding hydrogens is 493 g/mol. The molecule has 2 atom stereocenters. The van der Waals surface area contributed by atoms with E-state index in [1.165, 1.54) is 11.3 Å². The summed E-state index contributed by atoms with van der Waals surface area (Å²) in [6, 6.07) is 4.04. The number of pyridine rings is 1. The first-order valence-electron chi connectivity index (χ1n) is 14.5. The number of rotatable bonds is 5. The van der Waals surface area contributed by atoms with Crippen molar-refractivity contribution in [3.8, 4) is 0 Å². The van der Waals surface area contributed by atoms with Crippen LogP contribution in [0, 0.1) is 5.41 Å². The minimum absolute atomic E-state index is 0.0191. The Bertz CT molecular complexity index is 1260. The Morgan fingerprint density at radius 1 is 1.08 bits per heavy atom. The predicted molar refractivity (Wildman–Crippen MR) is 150 cm³/mol. The van der Waals surface area contributed by atoms with Gasteiger partial charge in [-0.2, -0.15) is 0 Å². The van der Waals surface area contributed by atoms with Gasteiger partial charge in [-0.25, -0.2) is 4.98 Å². The van der Waals surface area contributed by atoms with Crippen LogP contribution in [0.4, 0.5) is 5.82 Å². The van der Waals surface area contributed by atoms with Crippen LogP contribution in [0.5, 0.6) is 0 Å². The Kier molecular flexibility index (Phi) is 6.53. The maximum absolute atomic E-state index is 14.0. The lowest BCUT2D eigenvalue weighted by Crippen LogP contribution is -2.45. The van der Waals surface area contributed by atoms with E-state index in [2.05, 4.69) is 24.5 Å².